The molecule has 2 saturated carbocycles. The zero-order valence-corrected chi connectivity index (χ0v) is 6.62. The molecular weight excluding hydrogens is 140 g/mol. The van der Waals surface area contributed by atoms with Gasteiger partial charge in [0, 0.05) is 5.92 Å². The lowest BCUT2D eigenvalue weighted by molar-refractivity contribution is 0.205. The minimum atomic E-state index is 0.308. The molecule has 0 aromatic heterocycles. The zero-order chi connectivity index (χ0) is 7.22. The first-order valence-corrected chi connectivity index (χ1v) is 4.64. The summed E-state index contributed by atoms with van der Waals surface area (Å²) in [5.41, 5.74) is 0.308. The molecule has 2 aliphatic heterocycles. The standard InChI is InChI=1S/C9H12O2/c1-4-9(11-4)3-5-2-6(9)8-7(5)10-8/h4-8H,2-3H2,1H3/t4?,5-,6-,7-,8+,9+/m0/s1. The van der Waals surface area contributed by atoms with E-state index in [2.05, 4.69) is 6.92 Å². The molecule has 11 heavy (non-hydrogen) atoms. The molecule has 0 aromatic rings. The van der Waals surface area contributed by atoms with Crippen molar-refractivity contribution in [1.29, 1.82) is 0 Å². The monoisotopic (exact) mass is 152 g/mol. The van der Waals surface area contributed by atoms with E-state index in [-0.39, 0.29) is 0 Å². The molecular formula is C9H12O2. The second-order valence-corrected chi connectivity index (χ2v) is 4.59. The van der Waals surface area contributed by atoms with Crippen molar-refractivity contribution in [1.82, 2.24) is 0 Å². The van der Waals surface area contributed by atoms with Gasteiger partial charge in [0.25, 0.3) is 0 Å². The van der Waals surface area contributed by atoms with Gasteiger partial charge in [0.2, 0.25) is 0 Å². The quantitative estimate of drug-likeness (QED) is 0.483. The number of rotatable bonds is 0. The van der Waals surface area contributed by atoms with Crippen LogP contribution in [0.2, 0.25) is 0 Å². The van der Waals surface area contributed by atoms with Crippen molar-refractivity contribution in [3.63, 3.8) is 0 Å². The van der Waals surface area contributed by atoms with Crippen LogP contribution in [-0.4, -0.2) is 23.9 Å². The van der Waals surface area contributed by atoms with E-state index in [1.807, 2.05) is 0 Å². The minimum absolute atomic E-state index is 0.308. The lowest BCUT2D eigenvalue weighted by atomic mass is 9.86. The first-order valence-electron chi connectivity index (χ1n) is 4.64. The number of hydrogen-bond donors (Lipinski definition) is 0. The van der Waals surface area contributed by atoms with Crippen molar-refractivity contribution in [3.05, 3.63) is 0 Å². The highest BCUT2D eigenvalue weighted by Crippen LogP contribution is 2.67. The fourth-order valence-electron chi connectivity index (χ4n) is 3.57. The van der Waals surface area contributed by atoms with Crippen LogP contribution >= 0.6 is 0 Å². The molecule has 6 atom stereocenters. The Morgan fingerprint density at radius 1 is 1.36 bits per heavy atom. The first-order chi connectivity index (χ1) is 5.31. The molecule has 0 aromatic carbocycles. The Hall–Kier alpha value is -0.0800. The van der Waals surface area contributed by atoms with Crippen LogP contribution in [-0.2, 0) is 9.47 Å². The maximum Gasteiger partial charge on any atom is 0.100 e. The van der Waals surface area contributed by atoms with Gasteiger partial charge in [-0.1, -0.05) is 0 Å². The van der Waals surface area contributed by atoms with Crippen molar-refractivity contribution in [2.45, 2.75) is 43.7 Å². The summed E-state index contributed by atoms with van der Waals surface area (Å²) >= 11 is 0. The SMILES string of the molecule is CC1O[C@]12C[C@@H]1C[C@H]2[C@H]2O[C@@H]12. The van der Waals surface area contributed by atoms with Gasteiger partial charge in [0.05, 0.1) is 18.3 Å². The molecule has 4 rings (SSSR count). The summed E-state index contributed by atoms with van der Waals surface area (Å²) < 4.78 is 11.3. The van der Waals surface area contributed by atoms with Gasteiger partial charge in [-0.2, -0.15) is 0 Å². The van der Waals surface area contributed by atoms with Crippen molar-refractivity contribution in [2.24, 2.45) is 11.8 Å². The maximum absolute atomic E-state index is 5.72. The van der Waals surface area contributed by atoms with Gasteiger partial charge in [-0.15, -0.1) is 0 Å². The van der Waals surface area contributed by atoms with Crippen molar-refractivity contribution in [3.8, 4) is 0 Å². The second-order valence-electron chi connectivity index (χ2n) is 4.59. The summed E-state index contributed by atoms with van der Waals surface area (Å²) in [6.07, 6.45) is 4.48. The van der Waals surface area contributed by atoms with Crippen LogP contribution in [0, 0.1) is 11.8 Å². The van der Waals surface area contributed by atoms with Crippen LogP contribution in [0.4, 0.5) is 0 Å². The summed E-state index contributed by atoms with van der Waals surface area (Å²) in [4.78, 5) is 0. The molecule has 2 heteroatoms. The highest BCUT2D eigenvalue weighted by molar-refractivity contribution is 5.23. The van der Waals surface area contributed by atoms with Crippen LogP contribution in [0.1, 0.15) is 19.8 Å². The molecule has 2 saturated heterocycles. The third-order valence-corrected chi connectivity index (χ3v) is 4.22. The van der Waals surface area contributed by atoms with Crippen LogP contribution in [0.15, 0.2) is 0 Å². The van der Waals surface area contributed by atoms with Gasteiger partial charge in [0.15, 0.2) is 0 Å². The summed E-state index contributed by atoms with van der Waals surface area (Å²) in [6, 6.07) is 0. The fourth-order valence-corrected chi connectivity index (χ4v) is 3.57. The molecule has 2 heterocycles. The summed E-state index contributed by atoms with van der Waals surface area (Å²) in [7, 11) is 0. The maximum atomic E-state index is 5.72. The lowest BCUT2D eigenvalue weighted by Gasteiger charge is -2.13. The third-order valence-electron chi connectivity index (χ3n) is 4.22. The largest absolute Gasteiger partial charge is 0.369 e. The second kappa shape index (κ2) is 1.27. The Morgan fingerprint density at radius 2 is 2.18 bits per heavy atom. The van der Waals surface area contributed by atoms with Crippen molar-refractivity contribution in [2.75, 3.05) is 0 Å². The highest BCUT2D eigenvalue weighted by atomic mass is 16.6. The van der Waals surface area contributed by atoms with Crippen molar-refractivity contribution < 1.29 is 9.47 Å². The van der Waals surface area contributed by atoms with Crippen LogP contribution < -0.4 is 0 Å². The van der Waals surface area contributed by atoms with E-state index in [1.54, 1.807) is 0 Å². The van der Waals surface area contributed by atoms with Gasteiger partial charge >= 0.3 is 0 Å². The Kier molecular flexibility index (Phi) is 0.641. The van der Waals surface area contributed by atoms with E-state index in [0.29, 0.717) is 23.9 Å². The minimum Gasteiger partial charge on any atom is -0.369 e. The molecule has 2 nitrogen and oxygen atoms in total. The Labute approximate surface area is 65.9 Å². The molecule has 2 aliphatic carbocycles. The normalized spacial score (nSPS) is 75.5. The molecule has 1 spiro atoms. The van der Waals surface area contributed by atoms with Crippen LogP contribution in [0.5, 0.6) is 0 Å². The average molecular weight is 152 g/mol. The Morgan fingerprint density at radius 3 is 2.73 bits per heavy atom. The molecule has 0 N–H and O–H groups in total. The Bertz CT molecular complexity index is 240. The Balaban J connectivity index is 1.78. The molecule has 1 unspecified atom stereocenters. The third kappa shape index (κ3) is 0.433. The number of fused-ring (bicyclic) bond motifs is 6. The molecule has 0 amide bonds. The topological polar surface area (TPSA) is 25.1 Å². The smallest absolute Gasteiger partial charge is 0.100 e. The van der Waals surface area contributed by atoms with Crippen LogP contribution in [0.3, 0.4) is 0 Å². The fraction of sp³-hybridized carbons (Fsp3) is 1.00. The van der Waals surface area contributed by atoms with Gasteiger partial charge in [-0.25, -0.2) is 0 Å². The molecule has 2 bridgehead atoms. The summed E-state index contributed by atoms with van der Waals surface area (Å²) in [6.45, 7) is 2.21. The summed E-state index contributed by atoms with van der Waals surface area (Å²) in [5.74, 6) is 1.63. The van der Waals surface area contributed by atoms with E-state index in [0.717, 1.165) is 11.8 Å². The van der Waals surface area contributed by atoms with E-state index in [9.17, 15) is 0 Å². The predicted molar refractivity (Wildman–Crippen MR) is 38.2 cm³/mol. The average Bonchev–Trinajstić information content (AvgIpc) is 2.80. The van der Waals surface area contributed by atoms with Gasteiger partial charge in [-0.05, 0) is 25.7 Å². The molecule has 4 fully saturated rings. The molecule has 4 aliphatic rings. The number of ether oxygens (including phenoxy) is 2. The number of hydrogen-bond acceptors (Lipinski definition) is 2. The van der Waals surface area contributed by atoms with Crippen molar-refractivity contribution >= 4 is 0 Å². The molecule has 60 valence electrons. The van der Waals surface area contributed by atoms with E-state index < -0.39 is 0 Å². The van der Waals surface area contributed by atoms with Gasteiger partial charge < -0.3 is 9.47 Å². The van der Waals surface area contributed by atoms with E-state index in [4.69, 9.17) is 9.47 Å². The predicted octanol–water partition coefficient (Wildman–Crippen LogP) is 0.951. The highest BCUT2D eigenvalue weighted by Gasteiger charge is 2.76. The zero-order valence-electron chi connectivity index (χ0n) is 6.62. The van der Waals surface area contributed by atoms with E-state index in [1.165, 1.54) is 12.8 Å². The lowest BCUT2D eigenvalue weighted by Crippen LogP contribution is -2.27. The van der Waals surface area contributed by atoms with Gasteiger partial charge in [0.1, 0.15) is 5.60 Å². The first kappa shape index (κ1) is 5.55. The van der Waals surface area contributed by atoms with Gasteiger partial charge in [-0.3, -0.25) is 0 Å². The van der Waals surface area contributed by atoms with Crippen LogP contribution in [0.25, 0.3) is 0 Å². The molecule has 0 radical (unpaired) electrons. The number of epoxide rings is 2. The van der Waals surface area contributed by atoms with E-state index >= 15 is 0 Å². The summed E-state index contributed by atoms with van der Waals surface area (Å²) in [5, 5.41) is 0.